The van der Waals surface area contributed by atoms with Crippen molar-refractivity contribution >= 4 is 5.69 Å². The van der Waals surface area contributed by atoms with Crippen LogP contribution >= 0.6 is 0 Å². The molecule has 2 aromatic carbocycles. The molecule has 2 N–H and O–H groups in total. The smallest absolute Gasteiger partial charge is 0.0681 e. The lowest BCUT2D eigenvalue weighted by molar-refractivity contribution is 0.282. The molecule has 0 heterocycles. The van der Waals surface area contributed by atoms with Crippen molar-refractivity contribution in [2.45, 2.75) is 13.2 Å². The lowest BCUT2D eigenvalue weighted by Crippen LogP contribution is -1.99. The summed E-state index contributed by atoms with van der Waals surface area (Å²) in [5.41, 5.74) is 3.97. The van der Waals surface area contributed by atoms with Crippen molar-refractivity contribution in [2.75, 3.05) is 5.32 Å². The van der Waals surface area contributed by atoms with E-state index in [1.54, 1.807) is 0 Å². The molecule has 90 valence electrons. The molecule has 0 aliphatic carbocycles. The molecule has 0 bridgehead atoms. The van der Waals surface area contributed by atoms with E-state index in [4.69, 9.17) is 11.5 Å². The van der Waals surface area contributed by atoms with Crippen LogP contribution < -0.4 is 5.32 Å². The van der Waals surface area contributed by atoms with E-state index in [9.17, 15) is 0 Å². The first kappa shape index (κ1) is 12.2. The van der Waals surface area contributed by atoms with Crippen LogP contribution in [-0.2, 0) is 13.2 Å². The van der Waals surface area contributed by atoms with Crippen molar-refractivity contribution in [3.05, 3.63) is 65.2 Å². The summed E-state index contributed by atoms with van der Waals surface area (Å²) in [6, 6.07) is 15.6. The minimum absolute atomic E-state index is 0.0813. The zero-order chi connectivity index (χ0) is 12.8. The van der Waals surface area contributed by atoms with Crippen LogP contribution in [0.5, 0.6) is 0 Å². The predicted octanol–water partition coefficient (Wildman–Crippen LogP) is 2.77. The molecule has 0 saturated carbocycles. The third-order valence-corrected chi connectivity index (χ3v) is 2.73. The monoisotopic (exact) mass is 237 g/mol. The summed E-state index contributed by atoms with van der Waals surface area (Å²) in [4.78, 5) is 0. The van der Waals surface area contributed by atoms with Gasteiger partial charge in [-0.05, 0) is 29.3 Å². The van der Waals surface area contributed by atoms with E-state index in [-0.39, 0.29) is 6.61 Å². The quantitative estimate of drug-likeness (QED) is 0.801. The molecule has 0 aliphatic rings. The van der Waals surface area contributed by atoms with Crippen molar-refractivity contribution in [3.8, 4) is 12.3 Å². The highest BCUT2D eigenvalue weighted by molar-refractivity contribution is 5.50. The largest absolute Gasteiger partial charge is 0.392 e. The molecular weight excluding hydrogens is 222 g/mol. The number of hydrogen-bond donors (Lipinski definition) is 2. The maximum absolute atomic E-state index is 8.96. The zero-order valence-corrected chi connectivity index (χ0v) is 10.1. The Morgan fingerprint density at radius 1 is 1.06 bits per heavy atom. The molecule has 0 saturated heterocycles. The number of anilines is 1. The van der Waals surface area contributed by atoms with Gasteiger partial charge in [-0.1, -0.05) is 36.3 Å². The molecule has 0 unspecified atom stereocenters. The van der Waals surface area contributed by atoms with Gasteiger partial charge in [-0.15, -0.1) is 6.42 Å². The lowest BCUT2D eigenvalue weighted by Gasteiger charge is -2.07. The predicted molar refractivity (Wildman–Crippen MR) is 74.1 cm³/mol. The summed E-state index contributed by atoms with van der Waals surface area (Å²) in [5, 5.41) is 12.3. The van der Waals surface area contributed by atoms with Crippen LogP contribution in [-0.4, -0.2) is 5.11 Å². The van der Waals surface area contributed by atoms with Crippen LogP contribution in [0.25, 0.3) is 0 Å². The normalized spacial score (nSPS) is 9.78. The maximum Gasteiger partial charge on any atom is 0.0681 e. The van der Waals surface area contributed by atoms with Gasteiger partial charge < -0.3 is 10.4 Å². The Morgan fingerprint density at radius 2 is 1.78 bits per heavy atom. The first-order chi connectivity index (χ1) is 8.81. The van der Waals surface area contributed by atoms with Gasteiger partial charge in [-0.25, -0.2) is 0 Å². The van der Waals surface area contributed by atoms with Gasteiger partial charge in [0.25, 0.3) is 0 Å². The Morgan fingerprint density at radius 3 is 2.44 bits per heavy atom. The number of aliphatic hydroxyl groups is 1. The fourth-order valence-electron chi connectivity index (χ4n) is 1.69. The second kappa shape index (κ2) is 5.90. The number of benzene rings is 2. The summed E-state index contributed by atoms with van der Waals surface area (Å²) >= 11 is 0. The average Bonchev–Trinajstić information content (AvgIpc) is 2.46. The standard InChI is InChI=1S/C16H15NO/c1-2-13-4-3-5-16(10-13)17-11-14-6-8-15(12-18)9-7-14/h1,3-10,17-18H,11-12H2. The number of hydrogen-bond acceptors (Lipinski definition) is 2. The summed E-state index contributed by atoms with van der Waals surface area (Å²) in [6.45, 7) is 0.817. The molecule has 0 radical (unpaired) electrons. The van der Waals surface area contributed by atoms with Crippen LogP contribution in [0.4, 0.5) is 5.69 Å². The van der Waals surface area contributed by atoms with E-state index in [0.717, 1.165) is 23.4 Å². The first-order valence-electron chi connectivity index (χ1n) is 5.81. The van der Waals surface area contributed by atoms with E-state index in [1.807, 2.05) is 48.5 Å². The van der Waals surface area contributed by atoms with Crippen molar-refractivity contribution in [1.82, 2.24) is 0 Å². The Hall–Kier alpha value is -2.24. The van der Waals surface area contributed by atoms with Gasteiger partial charge in [0, 0.05) is 17.8 Å². The summed E-state index contributed by atoms with van der Waals surface area (Å²) in [7, 11) is 0. The summed E-state index contributed by atoms with van der Waals surface area (Å²) in [6.07, 6.45) is 5.36. The molecular formula is C16H15NO. The number of aliphatic hydroxyl groups excluding tert-OH is 1. The second-order valence-corrected chi connectivity index (χ2v) is 4.05. The highest BCUT2D eigenvalue weighted by atomic mass is 16.3. The van der Waals surface area contributed by atoms with Crippen LogP contribution in [0.2, 0.25) is 0 Å². The van der Waals surface area contributed by atoms with Gasteiger partial charge in [-0.2, -0.15) is 0 Å². The van der Waals surface area contributed by atoms with E-state index < -0.39 is 0 Å². The lowest BCUT2D eigenvalue weighted by atomic mass is 10.1. The fourth-order valence-corrected chi connectivity index (χ4v) is 1.69. The van der Waals surface area contributed by atoms with Gasteiger partial charge in [0.2, 0.25) is 0 Å². The Labute approximate surface area is 107 Å². The average molecular weight is 237 g/mol. The minimum Gasteiger partial charge on any atom is -0.392 e. The Balaban J connectivity index is 2.00. The molecule has 18 heavy (non-hydrogen) atoms. The van der Waals surface area contributed by atoms with E-state index >= 15 is 0 Å². The summed E-state index contributed by atoms with van der Waals surface area (Å²) < 4.78 is 0. The van der Waals surface area contributed by atoms with Gasteiger partial charge in [-0.3, -0.25) is 0 Å². The topological polar surface area (TPSA) is 32.3 Å². The molecule has 0 fully saturated rings. The molecule has 0 spiro atoms. The molecule has 2 nitrogen and oxygen atoms in total. The van der Waals surface area contributed by atoms with Gasteiger partial charge in [0.15, 0.2) is 0 Å². The third kappa shape index (κ3) is 3.13. The van der Waals surface area contributed by atoms with Crippen molar-refractivity contribution in [1.29, 1.82) is 0 Å². The van der Waals surface area contributed by atoms with Crippen LogP contribution in [0.1, 0.15) is 16.7 Å². The van der Waals surface area contributed by atoms with Gasteiger partial charge >= 0.3 is 0 Å². The zero-order valence-electron chi connectivity index (χ0n) is 10.1. The van der Waals surface area contributed by atoms with Gasteiger partial charge in [0.05, 0.1) is 6.61 Å². The van der Waals surface area contributed by atoms with Gasteiger partial charge in [0.1, 0.15) is 0 Å². The molecule has 0 atom stereocenters. The number of terminal acetylenes is 1. The SMILES string of the molecule is C#Cc1cccc(NCc2ccc(CO)cc2)c1. The van der Waals surface area contributed by atoms with E-state index in [0.29, 0.717) is 0 Å². The van der Waals surface area contributed by atoms with Crippen LogP contribution in [0.15, 0.2) is 48.5 Å². The van der Waals surface area contributed by atoms with Crippen molar-refractivity contribution < 1.29 is 5.11 Å². The number of rotatable bonds is 4. The molecule has 0 amide bonds. The summed E-state index contributed by atoms with van der Waals surface area (Å²) in [5.74, 6) is 2.61. The molecule has 2 rings (SSSR count). The van der Waals surface area contributed by atoms with Crippen LogP contribution in [0, 0.1) is 12.3 Å². The molecule has 0 aromatic heterocycles. The van der Waals surface area contributed by atoms with Crippen molar-refractivity contribution in [2.24, 2.45) is 0 Å². The second-order valence-electron chi connectivity index (χ2n) is 4.05. The Kier molecular flexibility index (Phi) is 4.01. The van der Waals surface area contributed by atoms with E-state index in [2.05, 4.69) is 11.2 Å². The molecule has 2 aromatic rings. The first-order valence-corrected chi connectivity index (χ1v) is 5.81. The highest BCUT2D eigenvalue weighted by Gasteiger charge is 1.96. The molecule has 2 heteroatoms. The molecule has 0 aliphatic heterocycles. The maximum atomic E-state index is 8.96. The number of nitrogens with one attached hydrogen (secondary N) is 1. The fraction of sp³-hybridized carbons (Fsp3) is 0.125. The highest BCUT2D eigenvalue weighted by Crippen LogP contribution is 2.12. The van der Waals surface area contributed by atoms with Crippen molar-refractivity contribution in [3.63, 3.8) is 0 Å². The third-order valence-electron chi connectivity index (χ3n) is 2.73. The van der Waals surface area contributed by atoms with E-state index in [1.165, 1.54) is 5.56 Å². The minimum atomic E-state index is 0.0813. The van der Waals surface area contributed by atoms with Crippen LogP contribution in [0.3, 0.4) is 0 Å². The Bertz CT molecular complexity index is 552.